The number of aryl methyl sites for hydroxylation is 1. The average molecular weight is 884 g/mol. The van der Waals surface area contributed by atoms with Crippen LogP contribution in [0.2, 0.25) is 0 Å². The Morgan fingerprint density at radius 2 is 0.766 bits per heavy atom. The summed E-state index contributed by atoms with van der Waals surface area (Å²) < 4.78 is 47.2. The minimum Gasteiger partial charge on any atom is -0.444 e. The highest BCUT2D eigenvalue weighted by atomic mass is 19.4. The van der Waals surface area contributed by atoms with Gasteiger partial charge in [0.05, 0.1) is 0 Å². The molecule has 6 heterocycles. The fourth-order valence-corrected chi connectivity index (χ4v) is 5.06. The Balaban J connectivity index is 0.000000248. The summed E-state index contributed by atoms with van der Waals surface area (Å²) in [6.45, 7) is 13.0. The van der Waals surface area contributed by atoms with E-state index < -0.39 is 35.5 Å². The summed E-state index contributed by atoms with van der Waals surface area (Å²) in [5.74, 6) is -1.23. The van der Waals surface area contributed by atoms with Crippen LogP contribution in [0.15, 0.2) is 73.3 Å². The maximum atomic E-state index is 12.3. The molecule has 6 aromatic rings. The molecule has 0 aliphatic carbocycles. The van der Waals surface area contributed by atoms with Crippen LogP contribution in [-0.4, -0.2) is 96.2 Å². The molecule has 0 atom stereocenters. The normalized spacial score (nSPS) is 11.4. The lowest BCUT2D eigenvalue weighted by atomic mass is 10.2. The second kappa shape index (κ2) is 20.9. The number of halogens is 3. The van der Waals surface area contributed by atoms with Crippen LogP contribution in [0.1, 0.15) is 70.7 Å². The van der Waals surface area contributed by atoms with Gasteiger partial charge in [0, 0.05) is 44.4 Å². The third-order valence-corrected chi connectivity index (χ3v) is 7.96. The smallest absolute Gasteiger partial charge is 0.444 e. The van der Waals surface area contributed by atoms with Crippen molar-refractivity contribution in [3.05, 3.63) is 95.6 Å². The van der Waals surface area contributed by atoms with E-state index in [2.05, 4.69) is 71.4 Å². The molecule has 334 valence electrons. The molecule has 3 amide bonds. The monoisotopic (exact) mass is 883 g/mol. The van der Waals surface area contributed by atoms with E-state index in [0.29, 0.717) is 22.6 Å². The number of carbonyl (C=O) groups excluding carboxylic acids is 3. The number of nitrogens with zero attached hydrogens (tertiary/aromatic N) is 12. The van der Waals surface area contributed by atoms with Crippen molar-refractivity contribution in [2.24, 2.45) is 0 Å². The molecular formula is C41H44F3N15O5. The van der Waals surface area contributed by atoms with Gasteiger partial charge in [-0.1, -0.05) is 6.92 Å². The highest BCUT2D eigenvalue weighted by Crippen LogP contribution is 2.19. The molecular weight excluding hydrogens is 840 g/mol. The molecule has 0 aromatic carbocycles. The lowest BCUT2D eigenvalue weighted by Crippen LogP contribution is -2.36. The van der Waals surface area contributed by atoms with Crippen molar-refractivity contribution in [3.63, 3.8) is 0 Å². The zero-order chi connectivity index (χ0) is 46.5. The van der Waals surface area contributed by atoms with E-state index in [1.165, 1.54) is 18.3 Å². The minimum absolute atomic E-state index is 0.0967. The zero-order valence-corrected chi connectivity index (χ0v) is 35.8. The second-order valence-corrected chi connectivity index (χ2v) is 15.5. The zero-order valence-electron chi connectivity index (χ0n) is 35.8. The van der Waals surface area contributed by atoms with Crippen LogP contribution in [-0.2, 0) is 40.3 Å². The largest absolute Gasteiger partial charge is 0.471 e. The van der Waals surface area contributed by atoms with Gasteiger partial charge in [-0.2, -0.15) is 13.2 Å². The molecule has 0 spiro atoms. The predicted octanol–water partition coefficient (Wildman–Crippen LogP) is 5.57. The van der Waals surface area contributed by atoms with Crippen LogP contribution < -0.4 is 16.0 Å². The number of rotatable bonds is 11. The first-order valence-electron chi connectivity index (χ1n) is 19.5. The molecule has 3 N–H and O–H groups in total. The first-order chi connectivity index (χ1) is 30.2. The molecule has 0 fully saturated rings. The minimum atomic E-state index is -4.94. The summed E-state index contributed by atoms with van der Waals surface area (Å²) in [6.07, 6.45) is 1.05. The van der Waals surface area contributed by atoms with Gasteiger partial charge in [0.2, 0.25) is 23.3 Å². The van der Waals surface area contributed by atoms with E-state index in [9.17, 15) is 27.6 Å². The molecule has 0 aliphatic rings. The maximum Gasteiger partial charge on any atom is 0.471 e. The maximum absolute atomic E-state index is 12.3. The quantitative estimate of drug-likeness (QED) is 0.144. The van der Waals surface area contributed by atoms with E-state index in [4.69, 9.17) is 9.47 Å². The fourth-order valence-electron chi connectivity index (χ4n) is 5.06. The van der Waals surface area contributed by atoms with Gasteiger partial charge < -0.3 is 25.4 Å². The van der Waals surface area contributed by atoms with E-state index in [0.717, 1.165) is 23.1 Å². The van der Waals surface area contributed by atoms with Gasteiger partial charge in [-0.15, -0.1) is 40.8 Å². The van der Waals surface area contributed by atoms with Crippen LogP contribution >= 0.6 is 0 Å². The fraction of sp³-hybridized carbons (Fsp3) is 0.341. The second-order valence-electron chi connectivity index (χ2n) is 15.5. The Morgan fingerprint density at radius 1 is 0.484 bits per heavy atom. The summed E-state index contributed by atoms with van der Waals surface area (Å²) in [5, 5.41) is 39.6. The van der Waals surface area contributed by atoms with Gasteiger partial charge >= 0.3 is 24.3 Å². The summed E-state index contributed by atoms with van der Waals surface area (Å²) >= 11 is 0. The number of alkyl halides is 3. The number of pyridine rings is 4. The number of hydrogen-bond acceptors (Lipinski definition) is 17. The third kappa shape index (κ3) is 15.0. The molecule has 64 heavy (non-hydrogen) atoms. The number of nitrogens with one attached hydrogen (secondary N) is 3. The van der Waals surface area contributed by atoms with Crippen LogP contribution in [0, 0.1) is 0 Å². The molecule has 0 bridgehead atoms. The Hall–Kier alpha value is -7.72. The van der Waals surface area contributed by atoms with Crippen molar-refractivity contribution >= 4 is 18.1 Å². The molecule has 0 radical (unpaired) electrons. The van der Waals surface area contributed by atoms with E-state index >= 15 is 0 Å². The van der Waals surface area contributed by atoms with Crippen molar-refractivity contribution in [1.29, 1.82) is 0 Å². The standard InChI is InChI=1S/C24H30N8O4.C17H14F3N7O/c1-23(2,3)35-21(33)27-13-15-7-9-25-17(11-15)19-29-31-20(32-30-19)18-12-16(8-10-26-18)14-28-22(34)36-24(4,5)6;1-2-10-3-5-21-12(7-10)14-24-26-15(27-25-14)13-8-11(4-6-22-13)9-23-16(28)17(18,19)20/h7-12H,13-14H2,1-6H3,(H,27,33)(H,28,34);3-8H,2,9H2,1H3,(H,23,28). The Bertz CT molecular complexity index is 2440. The van der Waals surface area contributed by atoms with Crippen LogP contribution in [0.25, 0.3) is 46.1 Å². The van der Waals surface area contributed by atoms with Crippen LogP contribution in [0.5, 0.6) is 0 Å². The molecule has 0 unspecified atom stereocenters. The summed E-state index contributed by atoms with van der Waals surface area (Å²) in [6, 6.07) is 13.6. The van der Waals surface area contributed by atoms with Crippen molar-refractivity contribution in [3.8, 4) is 46.1 Å². The number of hydrogen-bond donors (Lipinski definition) is 3. The van der Waals surface area contributed by atoms with E-state index in [1.54, 1.807) is 89.7 Å². The topological polar surface area (TPSA) is 260 Å². The van der Waals surface area contributed by atoms with Gasteiger partial charge in [-0.3, -0.25) is 24.7 Å². The van der Waals surface area contributed by atoms with Gasteiger partial charge in [-0.25, -0.2) is 9.59 Å². The Labute approximate surface area is 364 Å². The van der Waals surface area contributed by atoms with Crippen LogP contribution in [0.4, 0.5) is 22.8 Å². The van der Waals surface area contributed by atoms with E-state index in [1.807, 2.05) is 19.1 Å². The molecule has 0 saturated heterocycles. The molecule has 0 saturated carbocycles. The first kappa shape index (κ1) is 47.3. The third-order valence-electron chi connectivity index (χ3n) is 7.96. The highest BCUT2D eigenvalue weighted by Gasteiger charge is 2.38. The number of carbonyl (C=O) groups is 3. The molecule has 0 aliphatic heterocycles. The molecule has 6 aromatic heterocycles. The number of ether oxygens (including phenoxy) is 2. The predicted molar refractivity (Wildman–Crippen MR) is 222 cm³/mol. The Morgan fingerprint density at radius 3 is 1.05 bits per heavy atom. The molecule has 6 rings (SSSR count). The highest BCUT2D eigenvalue weighted by molar-refractivity contribution is 5.81. The van der Waals surface area contributed by atoms with Gasteiger partial charge in [0.1, 0.15) is 34.0 Å². The number of aromatic nitrogens is 12. The summed E-state index contributed by atoms with van der Waals surface area (Å²) in [4.78, 5) is 51.4. The average Bonchev–Trinajstić information content (AvgIpc) is 3.26. The Kier molecular flexibility index (Phi) is 15.5. The van der Waals surface area contributed by atoms with Gasteiger partial charge in [0.25, 0.3) is 0 Å². The number of amides is 3. The van der Waals surface area contributed by atoms with Crippen LogP contribution in [0.3, 0.4) is 0 Å². The summed E-state index contributed by atoms with van der Waals surface area (Å²) in [7, 11) is 0. The van der Waals surface area contributed by atoms with Crippen molar-refractivity contribution in [2.45, 2.75) is 91.9 Å². The SMILES string of the molecule is CC(C)(C)OC(=O)NCc1ccnc(-c2nnc(-c3cc(CNC(=O)OC(C)(C)C)ccn3)nn2)c1.CCc1ccnc(-c2nnc(-c3cc(CNC(=O)C(F)(F)F)ccn3)nn2)c1. The van der Waals surface area contributed by atoms with E-state index in [-0.39, 0.29) is 48.6 Å². The van der Waals surface area contributed by atoms with Crippen molar-refractivity contribution in [2.75, 3.05) is 0 Å². The van der Waals surface area contributed by atoms with Gasteiger partial charge in [-0.05, 0) is 119 Å². The lowest BCUT2D eigenvalue weighted by molar-refractivity contribution is -0.173. The number of alkyl carbamates (subject to hydrolysis) is 2. The van der Waals surface area contributed by atoms with Crippen molar-refractivity contribution < 1.29 is 37.0 Å². The molecule has 23 heteroatoms. The molecule has 20 nitrogen and oxygen atoms in total. The van der Waals surface area contributed by atoms with Crippen molar-refractivity contribution in [1.82, 2.24) is 76.7 Å². The summed E-state index contributed by atoms with van der Waals surface area (Å²) in [5.41, 5.74) is 3.56. The lowest BCUT2D eigenvalue weighted by Gasteiger charge is -2.19. The first-order valence-corrected chi connectivity index (χ1v) is 19.5. The van der Waals surface area contributed by atoms with Gasteiger partial charge in [0.15, 0.2) is 0 Å².